The summed E-state index contributed by atoms with van der Waals surface area (Å²) in [6, 6.07) is 0.769. The first kappa shape index (κ1) is 23.2. The normalized spacial score (nSPS) is 10.8. The third-order valence-corrected chi connectivity index (χ3v) is 3.23. The molecule has 0 amide bonds. The van der Waals surface area contributed by atoms with Gasteiger partial charge in [0.05, 0.1) is 32.7 Å². The molecule has 0 fully saturated rings. The number of hydrogen-bond donors (Lipinski definition) is 1. The summed E-state index contributed by atoms with van der Waals surface area (Å²) in [6.07, 6.45) is -3.08. The van der Waals surface area contributed by atoms with E-state index in [0.717, 1.165) is 11.1 Å². The SMILES string of the molecule is CCCc1nc(C(F)(F)F)[n+](C)[nH]1.O=[N+]([O-])c1cc([N+](=O)[O-])c([O-])c([N+](=O)[O-])c1. The number of aromatic amines is 1. The molecule has 158 valence electrons. The van der Waals surface area contributed by atoms with E-state index in [1.807, 2.05) is 6.92 Å². The highest BCUT2D eigenvalue weighted by molar-refractivity contribution is 5.63. The molecule has 1 aromatic carbocycles. The van der Waals surface area contributed by atoms with Gasteiger partial charge in [0, 0.05) is 6.42 Å². The molecule has 1 N–H and O–H groups in total. The molecule has 29 heavy (non-hydrogen) atoms. The van der Waals surface area contributed by atoms with E-state index in [-0.39, 0.29) is 0 Å². The Balaban J connectivity index is 0.000000296. The van der Waals surface area contributed by atoms with Crippen molar-refractivity contribution in [1.29, 1.82) is 0 Å². The summed E-state index contributed by atoms with van der Waals surface area (Å²) in [5.74, 6) is -1.96. The average molecular weight is 422 g/mol. The molecule has 0 saturated heterocycles. The Morgan fingerprint density at radius 2 is 1.55 bits per heavy atom. The van der Waals surface area contributed by atoms with Crippen LogP contribution in [0.1, 0.15) is 25.0 Å². The fourth-order valence-electron chi connectivity index (χ4n) is 2.04. The van der Waals surface area contributed by atoms with Crippen LogP contribution in [0, 0.1) is 30.3 Å². The Morgan fingerprint density at radius 3 is 1.86 bits per heavy atom. The summed E-state index contributed by atoms with van der Waals surface area (Å²) in [5, 5.41) is 44.6. The number of H-pyrrole nitrogens is 1. The van der Waals surface area contributed by atoms with E-state index in [9.17, 15) is 48.6 Å². The van der Waals surface area contributed by atoms with Crippen molar-refractivity contribution in [3.05, 3.63) is 54.1 Å². The first-order chi connectivity index (χ1) is 13.3. The van der Waals surface area contributed by atoms with Crippen molar-refractivity contribution in [3.8, 4) is 5.75 Å². The summed E-state index contributed by atoms with van der Waals surface area (Å²) in [7, 11) is 1.30. The van der Waals surface area contributed by atoms with Crippen LogP contribution in [0.3, 0.4) is 0 Å². The predicted molar refractivity (Wildman–Crippen MR) is 84.6 cm³/mol. The van der Waals surface area contributed by atoms with Crippen molar-refractivity contribution in [3.63, 3.8) is 0 Å². The number of rotatable bonds is 5. The third kappa shape index (κ3) is 5.81. The number of hydrogen-bond acceptors (Lipinski definition) is 8. The van der Waals surface area contributed by atoms with Crippen molar-refractivity contribution in [1.82, 2.24) is 10.1 Å². The van der Waals surface area contributed by atoms with Crippen molar-refractivity contribution in [2.75, 3.05) is 0 Å². The van der Waals surface area contributed by atoms with Gasteiger partial charge in [-0.05, 0) is 11.4 Å². The number of aromatic nitrogens is 3. The Kier molecular flexibility index (Phi) is 7.11. The molecule has 0 spiro atoms. The molecule has 0 atom stereocenters. The summed E-state index contributed by atoms with van der Waals surface area (Å²) < 4.78 is 37.5. The Bertz CT molecular complexity index is 908. The molecule has 1 heterocycles. The smallest absolute Gasteiger partial charge is 0.501 e. The third-order valence-electron chi connectivity index (χ3n) is 3.23. The van der Waals surface area contributed by atoms with Crippen molar-refractivity contribution in [2.45, 2.75) is 25.9 Å². The molecule has 0 aliphatic rings. The molecule has 0 unspecified atom stereocenters. The Hall–Kier alpha value is -3.85. The van der Waals surface area contributed by atoms with E-state index in [0.29, 0.717) is 24.4 Å². The molecule has 0 radical (unpaired) electrons. The molecular weight excluding hydrogens is 409 g/mol. The summed E-state index contributed by atoms with van der Waals surface area (Å²) in [6.45, 7) is 1.88. The first-order valence-corrected chi connectivity index (χ1v) is 7.59. The number of halogens is 3. The summed E-state index contributed by atoms with van der Waals surface area (Å²) in [5.41, 5.74) is -3.26. The molecule has 0 aliphatic heterocycles. The first-order valence-electron chi connectivity index (χ1n) is 7.59. The maximum absolute atomic E-state index is 12.2. The zero-order chi connectivity index (χ0) is 22.5. The highest BCUT2D eigenvalue weighted by atomic mass is 19.4. The second-order valence-corrected chi connectivity index (χ2v) is 5.39. The Labute approximate surface area is 158 Å². The van der Waals surface area contributed by atoms with Gasteiger partial charge in [-0.1, -0.05) is 6.92 Å². The minimum atomic E-state index is -4.38. The number of nitrogens with one attached hydrogen (secondary N) is 1. The van der Waals surface area contributed by atoms with Crippen LogP contribution in [0.15, 0.2) is 12.1 Å². The van der Waals surface area contributed by atoms with Gasteiger partial charge in [-0.15, -0.1) is 0 Å². The maximum atomic E-state index is 12.2. The molecule has 2 rings (SSSR count). The van der Waals surface area contributed by atoms with Gasteiger partial charge in [-0.25, -0.2) is 0 Å². The van der Waals surface area contributed by atoms with Crippen LogP contribution < -0.4 is 9.79 Å². The lowest BCUT2D eigenvalue weighted by molar-refractivity contribution is -0.745. The van der Waals surface area contributed by atoms with Gasteiger partial charge in [0.2, 0.25) is 0 Å². The van der Waals surface area contributed by atoms with Crippen LogP contribution in [0.25, 0.3) is 0 Å². The van der Waals surface area contributed by atoms with E-state index in [1.54, 1.807) is 0 Å². The topological polar surface area (TPSA) is 185 Å². The molecule has 0 bridgehead atoms. The van der Waals surface area contributed by atoms with Gasteiger partial charge in [-0.2, -0.15) is 23.0 Å². The average Bonchev–Trinajstić information content (AvgIpc) is 2.96. The second-order valence-electron chi connectivity index (χ2n) is 5.39. The van der Waals surface area contributed by atoms with Gasteiger partial charge in [0.25, 0.3) is 22.9 Å². The summed E-state index contributed by atoms with van der Waals surface area (Å²) >= 11 is 0. The van der Waals surface area contributed by atoms with E-state index in [2.05, 4.69) is 10.1 Å². The van der Waals surface area contributed by atoms with E-state index in [1.165, 1.54) is 7.05 Å². The summed E-state index contributed by atoms with van der Waals surface area (Å²) in [4.78, 5) is 31.0. The van der Waals surface area contributed by atoms with Crippen molar-refractivity contribution >= 4 is 17.1 Å². The van der Waals surface area contributed by atoms with E-state index in [4.69, 9.17) is 0 Å². The fourth-order valence-corrected chi connectivity index (χ4v) is 2.04. The van der Waals surface area contributed by atoms with Crippen molar-refractivity contribution < 1.29 is 37.7 Å². The monoisotopic (exact) mass is 422 g/mol. The highest BCUT2D eigenvalue weighted by Crippen LogP contribution is 2.36. The molecule has 2 aromatic rings. The van der Waals surface area contributed by atoms with Gasteiger partial charge in [-0.3, -0.25) is 30.3 Å². The molecular formula is C13H13F3N6O7. The molecule has 0 saturated carbocycles. The van der Waals surface area contributed by atoms with Gasteiger partial charge >= 0.3 is 12.0 Å². The number of benzene rings is 1. The number of nitro benzene ring substituents is 3. The maximum Gasteiger partial charge on any atom is 0.501 e. The van der Waals surface area contributed by atoms with Gasteiger partial charge in [0.15, 0.2) is 0 Å². The predicted octanol–water partition coefficient (Wildman–Crippen LogP) is 1.69. The zero-order valence-corrected chi connectivity index (χ0v) is 14.8. The Morgan fingerprint density at radius 1 is 1.07 bits per heavy atom. The minimum absolute atomic E-state index is 0.373. The number of alkyl halides is 3. The number of aryl methyl sites for hydroxylation is 2. The standard InChI is InChI=1S/C7H10F3N3.C6H3N3O7/c1-3-4-5-11-6(7(8,9)10)13(2)12-5;10-6-4(8(13)14)1-3(7(11)12)2-5(6)9(15)16/h3-4H2,1-2H3;1-2,10H. The zero-order valence-electron chi connectivity index (χ0n) is 14.8. The van der Waals surface area contributed by atoms with Crippen LogP contribution in [0.5, 0.6) is 5.75 Å². The van der Waals surface area contributed by atoms with Crippen LogP contribution in [0.4, 0.5) is 30.2 Å². The lowest BCUT2D eigenvalue weighted by Gasteiger charge is -2.06. The van der Waals surface area contributed by atoms with Gasteiger partial charge in [0.1, 0.15) is 7.05 Å². The second kappa shape index (κ2) is 8.89. The van der Waals surface area contributed by atoms with E-state index >= 15 is 0 Å². The van der Waals surface area contributed by atoms with Crippen molar-refractivity contribution in [2.24, 2.45) is 7.05 Å². The quantitative estimate of drug-likeness (QED) is 0.428. The molecule has 1 aromatic heterocycles. The van der Waals surface area contributed by atoms with Crippen LogP contribution in [-0.4, -0.2) is 24.9 Å². The van der Waals surface area contributed by atoms with Crippen LogP contribution in [-0.2, 0) is 19.6 Å². The molecule has 0 aliphatic carbocycles. The van der Waals surface area contributed by atoms with Gasteiger partial charge < -0.3 is 5.11 Å². The lowest BCUT2D eigenvalue weighted by Crippen LogP contribution is -2.38. The number of nitro groups is 3. The number of nitrogens with zero attached hydrogens (tertiary/aromatic N) is 5. The molecule has 13 nitrogen and oxygen atoms in total. The van der Waals surface area contributed by atoms with Crippen LogP contribution in [0.2, 0.25) is 0 Å². The largest absolute Gasteiger partial charge is 0.863 e. The fraction of sp³-hybridized carbons (Fsp3) is 0.385. The van der Waals surface area contributed by atoms with E-state index < -0.39 is 49.6 Å². The number of non-ortho nitro benzene ring substituents is 1. The lowest BCUT2D eigenvalue weighted by atomic mass is 10.2. The minimum Gasteiger partial charge on any atom is -0.863 e. The highest BCUT2D eigenvalue weighted by Gasteiger charge is 2.45. The van der Waals surface area contributed by atoms with Crippen LogP contribution >= 0.6 is 0 Å². The molecule has 16 heteroatoms.